The van der Waals surface area contributed by atoms with Crippen molar-refractivity contribution in [1.82, 2.24) is 0 Å². The van der Waals surface area contributed by atoms with Gasteiger partial charge >= 0.3 is 35.8 Å². The Balaban J connectivity index is 0.000000760. The van der Waals surface area contributed by atoms with Crippen LogP contribution in [0.4, 0.5) is 0 Å². The quantitative estimate of drug-likeness (QED) is 0.0704. The van der Waals surface area contributed by atoms with Crippen LogP contribution >= 0.6 is 0 Å². The second-order valence-electron chi connectivity index (χ2n) is 11.8. The van der Waals surface area contributed by atoms with E-state index in [4.69, 9.17) is 24.8 Å². The number of aliphatic hydroxyl groups excluding tert-OH is 1. The van der Waals surface area contributed by atoms with Crippen LogP contribution in [0, 0.1) is 0 Å². The number of esters is 4. The second-order valence-corrected chi connectivity index (χ2v) is 11.8. The number of carboxylic acids is 2. The first-order valence-electron chi connectivity index (χ1n) is 17.6. The number of aliphatic carboxylic acids is 2. The molecule has 0 heterocycles. The number of unbranched alkanes of at least 4 members (excludes halogenated alkanes) is 5. The van der Waals surface area contributed by atoms with E-state index < -0.39 is 41.9 Å². The van der Waals surface area contributed by atoms with E-state index in [-0.39, 0.29) is 36.7 Å². The molecule has 0 fully saturated rings. The lowest BCUT2D eigenvalue weighted by molar-refractivity contribution is -0.138. The van der Waals surface area contributed by atoms with Gasteiger partial charge in [0.2, 0.25) is 0 Å². The molecule has 55 heavy (non-hydrogen) atoms. The van der Waals surface area contributed by atoms with Gasteiger partial charge in [0.05, 0.1) is 49.2 Å². The van der Waals surface area contributed by atoms with Gasteiger partial charge in [-0.15, -0.1) is 0 Å². The molecule has 0 bridgehead atoms. The van der Waals surface area contributed by atoms with Gasteiger partial charge in [-0.1, -0.05) is 74.2 Å². The molecule has 2 atom stereocenters. The fourth-order valence-corrected chi connectivity index (χ4v) is 4.27. The third-order valence-corrected chi connectivity index (χ3v) is 6.95. The summed E-state index contributed by atoms with van der Waals surface area (Å²) < 4.78 is 23.9. The van der Waals surface area contributed by atoms with Crippen molar-refractivity contribution in [2.75, 3.05) is 34.5 Å². The molecule has 302 valence electrons. The molecule has 0 saturated heterocycles. The molecule has 3 N–H and O–H groups in total. The highest BCUT2D eigenvalue weighted by Crippen LogP contribution is 2.11. The average molecular weight is 771 g/mol. The van der Waals surface area contributed by atoms with Crippen LogP contribution in [0.1, 0.15) is 107 Å². The SMILES string of the molecule is CC(COC(=O)c1ccccc1)OC(=O)c1ccccc1.COC(=O)c1ccccc1C(=O)OC.COCC(C)O.O=C(O)CCCCCCCCC(=O)O. The van der Waals surface area contributed by atoms with Crippen molar-refractivity contribution >= 4 is 35.8 Å². The Kier molecular flexibility index (Phi) is 27.7. The van der Waals surface area contributed by atoms with E-state index in [1.807, 2.05) is 12.1 Å². The topological polar surface area (TPSA) is 209 Å². The summed E-state index contributed by atoms with van der Waals surface area (Å²) >= 11 is 0. The Hall–Kier alpha value is -5.60. The molecule has 14 nitrogen and oxygen atoms in total. The van der Waals surface area contributed by atoms with Crippen molar-refractivity contribution in [3.63, 3.8) is 0 Å². The smallest absolute Gasteiger partial charge is 0.338 e. The molecule has 2 unspecified atom stereocenters. The van der Waals surface area contributed by atoms with E-state index >= 15 is 0 Å². The molecule has 0 aliphatic carbocycles. The lowest BCUT2D eigenvalue weighted by atomic mass is 10.1. The summed E-state index contributed by atoms with van der Waals surface area (Å²) in [6.07, 6.45) is 4.99. The van der Waals surface area contributed by atoms with Crippen LogP contribution < -0.4 is 0 Å². The number of benzene rings is 3. The molecular weight excluding hydrogens is 716 g/mol. The highest BCUT2D eigenvalue weighted by atomic mass is 16.6. The van der Waals surface area contributed by atoms with Gasteiger partial charge in [-0.25, -0.2) is 19.2 Å². The Morgan fingerprint density at radius 1 is 0.527 bits per heavy atom. The summed E-state index contributed by atoms with van der Waals surface area (Å²) in [5.74, 6) is -3.44. The van der Waals surface area contributed by atoms with E-state index in [2.05, 4.69) is 14.2 Å². The van der Waals surface area contributed by atoms with Crippen LogP contribution in [0.5, 0.6) is 0 Å². The maximum Gasteiger partial charge on any atom is 0.338 e. The first-order chi connectivity index (χ1) is 26.3. The molecule has 0 spiro atoms. The number of carbonyl (C=O) groups is 6. The molecular formula is C41H54O14. The molecule has 3 rings (SSSR count). The van der Waals surface area contributed by atoms with Gasteiger partial charge in [-0.2, -0.15) is 0 Å². The van der Waals surface area contributed by atoms with Crippen molar-refractivity contribution in [1.29, 1.82) is 0 Å². The van der Waals surface area contributed by atoms with E-state index in [1.54, 1.807) is 81.6 Å². The predicted molar refractivity (Wildman–Crippen MR) is 203 cm³/mol. The van der Waals surface area contributed by atoms with Gasteiger partial charge in [0.15, 0.2) is 0 Å². The number of rotatable bonds is 18. The number of ether oxygens (including phenoxy) is 5. The van der Waals surface area contributed by atoms with Crippen LogP contribution in [0.2, 0.25) is 0 Å². The summed E-state index contributed by atoms with van der Waals surface area (Å²) in [7, 11) is 4.08. The van der Waals surface area contributed by atoms with Gasteiger partial charge in [0.1, 0.15) is 12.7 Å². The first-order valence-corrected chi connectivity index (χ1v) is 17.6. The third-order valence-electron chi connectivity index (χ3n) is 6.95. The number of aliphatic hydroxyl groups is 1. The second kappa shape index (κ2) is 30.8. The highest BCUT2D eigenvalue weighted by Gasteiger charge is 2.17. The van der Waals surface area contributed by atoms with Crippen molar-refractivity contribution in [3.05, 3.63) is 107 Å². The van der Waals surface area contributed by atoms with E-state index in [0.29, 0.717) is 17.7 Å². The van der Waals surface area contributed by atoms with Crippen LogP contribution in [0.3, 0.4) is 0 Å². The zero-order valence-electron chi connectivity index (χ0n) is 32.1. The maximum atomic E-state index is 11.8. The van der Waals surface area contributed by atoms with Gasteiger partial charge in [0, 0.05) is 20.0 Å². The zero-order chi connectivity index (χ0) is 41.4. The summed E-state index contributed by atoms with van der Waals surface area (Å²) in [6, 6.07) is 23.7. The molecule has 0 aromatic heterocycles. The van der Waals surface area contributed by atoms with Crippen molar-refractivity contribution in [2.24, 2.45) is 0 Å². The lowest BCUT2D eigenvalue weighted by Crippen LogP contribution is -2.22. The minimum Gasteiger partial charge on any atom is -0.481 e. The monoisotopic (exact) mass is 770 g/mol. The van der Waals surface area contributed by atoms with Gasteiger partial charge in [-0.3, -0.25) is 9.59 Å². The largest absolute Gasteiger partial charge is 0.481 e. The average Bonchev–Trinajstić information content (AvgIpc) is 3.18. The fourth-order valence-electron chi connectivity index (χ4n) is 4.27. The molecule has 0 amide bonds. The normalized spacial score (nSPS) is 10.9. The first kappa shape index (κ1) is 49.4. The summed E-state index contributed by atoms with van der Waals surface area (Å²) in [6.45, 7) is 3.81. The van der Waals surface area contributed by atoms with Crippen LogP contribution in [-0.2, 0) is 33.3 Å². The lowest BCUT2D eigenvalue weighted by Gasteiger charge is -2.13. The molecule has 0 saturated carbocycles. The highest BCUT2D eigenvalue weighted by molar-refractivity contribution is 6.03. The van der Waals surface area contributed by atoms with Crippen LogP contribution in [0.25, 0.3) is 0 Å². The van der Waals surface area contributed by atoms with Gasteiger partial charge in [0.25, 0.3) is 0 Å². The molecule has 3 aromatic carbocycles. The van der Waals surface area contributed by atoms with E-state index in [9.17, 15) is 28.8 Å². The van der Waals surface area contributed by atoms with Crippen molar-refractivity contribution < 1.29 is 67.8 Å². The Morgan fingerprint density at radius 3 is 1.25 bits per heavy atom. The summed E-state index contributed by atoms with van der Waals surface area (Å²) in [4.78, 5) is 66.3. The van der Waals surface area contributed by atoms with E-state index in [1.165, 1.54) is 26.4 Å². The number of carboxylic acid groups (broad SMARTS) is 2. The van der Waals surface area contributed by atoms with Crippen molar-refractivity contribution in [2.45, 2.75) is 77.4 Å². The number of carbonyl (C=O) groups excluding carboxylic acids is 4. The van der Waals surface area contributed by atoms with Crippen LogP contribution in [0.15, 0.2) is 84.9 Å². The Bertz CT molecular complexity index is 1490. The molecule has 0 aliphatic rings. The number of hydrogen-bond acceptors (Lipinski definition) is 12. The summed E-state index contributed by atoms with van der Waals surface area (Å²) in [5, 5.41) is 25.1. The van der Waals surface area contributed by atoms with Gasteiger partial charge in [-0.05, 0) is 63.1 Å². The Labute approximate surface area is 322 Å². The van der Waals surface area contributed by atoms with Gasteiger partial charge < -0.3 is 39.0 Å². The minimum absolute atomic E-state index is 0.0201. The zero-order valence-corrected chi connectivity index (χ0v) is 32.1. The molecule has 0 aliphatic heterocycles. The third kappa shape index (κ3) is 25.1. The standard InChI is InChI=1S/C17H16O4.C10H10O4.C10H18O4.C4H10O2/c1-13(21-17(19)15-10-6-3-7-11-15)12-20-16(18)14-8-4-2-5-9-14;1-13-9(11)7-5-3-4-6-8(7)10(12)14-2;11-9(12)7-5-3-1-2-4-6-8-10(13)14;1-4(5)3-6-2/h2-11,13H,12H2,1H3;3-6H,1-2H3;1-8H2,(H,11,12)(H,13,14);4-5H,3H2,1-2H3. The molecule has 3 aromatic rings. The number of hydrogen-bond donors (Lipinski definition) is 3. The summed E-state index contributed by atoms with van der Waals surface area (Å²) in [5.41, 5.74) is 1.36. The fraction of sp³-hybridized carbons (Fsp3) is 0.415. The molecule has 0 radical (unpaired) electrons. The van der Waals surface area contributed by atoms with Crippen molar-refractivity contribution in [3.8, 4) is 0 Å². The predicted octanol–water partition coefficient (Wildman–Crippen LogP) is 6.64. The van der Waals surface area contributed by atoms with E-state index in [0.717, 1.165) is 38.5 Å². The minimum atomic E-state index is -0.740. The van der Waals surface area contributed by atoms with Crippen LogP contribution in [-0.4, -0.2) is 97.9 Å². The molecule has 14 heteroatoms. The maximum absolute atomic E-state index is 11.8. The Morgan fingerprint density at radius 2 is 0.909 bits per heavy atom. The number of methoxy groups -OCH3 is 3.